The Bertz CT molecular complexity index is 777. The van der Waals surface area contributed by atoms with Crippen molar-refractivity contribution in [2.75, 3.05) is 24.5 Å². The van der Waals surface area contributed by atoms with Gasteiger partial charge in [0.1, 0.15) is 0 Å². The molecule has 7 heteroatoms. The van der Waals surface area contributed by atoms with Gasteiger partial charge in [-0.05, 0) is 44.2 Å². The molecule has 2 heterocycles. The summed E-state index contributed by atoms with van der Waals surface area (Å²) in [6.07, 6.45) is 6.60. The molecular weight excluding hydrogens is 368 g/mol. The average molecular weight is 401 g/mol. The van der Waals surface area contributed by atoms with Crippen molar-refractivity contribution in [3.63, 3.8) is 0 Å². The van der Waals surface area contributed by atoms with Gasteiger partial charge in [0, 0.05) is 49.5 Å². The van der Waals surface area contributed by atoms with Crippen LogP contribution in [0.5, 0.6) is 0 Å². The van der Waals surface area contributed by atoms with Gasteiger partial charge < -0.3 is 10.2 Å². The zero-order valence-electron chi connectivity index (χ0n) is 17.5. The largest absolute Gasteiger partial charge is 0.365 e. The molecule has 1 saturated heterocycles. The van der Waals surface area contributed by atoms with E-state index in [0.29, 0.717) is 12.5 Å². The number of nitrogens with one attached hydrogen (secondary N) is 1. The number of carbonyl (C=O) groups excluding carboxylic acids is 1. The lowest BCUT2D eigenvalue weighted by atomic mass is 9.82. The lowest BCUT2D eigenvalue weighted by molar-refractivity contribution is -0.384. The van der Waals surface area contributed by atoms with E-state index in [0.717, 1.165) is 37.3 Å². The van der Waals surface area contributed by atoms with Crippen molar-refractivity contribution in [1.82, 2.24) is 10.2 Å². The first kappa shape index (κ1) is 20.1. The van der Waals surface area contributed by atoms with Gasteiger partial charge in [-0.2, -0.15) is 0 Å². The SMILES string of the molecule is CC[C@H](C)NC(=O)[C@@H]1Cc2cc([N+](=O)[O-])ccc2N2CCN(C3CCCC3)C[C@@H]12. The Balaban J connectivity index is 1.63. The second-order valence-electron chi connectivity index (χ2n) is 8.89. The lowest BCUT2D eigenvalue weighted by Crippen LogP contribution is -2.62. The Labute approximate surface area is 172 Å². The minimum atomic E-state index is -0.349. The summed E-state index contributed by atoms with van der Waals surface area (Å²) in [5.41, 5.74) is 2.10. The van der Waals surface area contributed by atoms with E-state index in [4.69, 9.17) is 0 Å². The van der Waals surface area contributed by atoms with Gasteiger partial charge in [-0.1, -0.05) is 19.8 Å². The number of benzene rings is 1. The number of rotatable bonds is 5. The smallest absolute Gasteiger partial charge is 0.269 e. The molecule has 7 nitrogen and oxygen atoms in total. The van der Waals surface area contributed by atoms with Crippen LogP contribution in [-0.4, -0.2) is 53.5 Å². The summed E-state index contributed by atoms with van der Waals surface area (Å²) in [6.45, 7) is 6.87. The molecular formula is C22H32N4O3. The minimum absolute atomic E-state index is 0.0831. The maximum atomic E-state index is 13.2. The summed E-state index contributed by atoms with van der Waals surface area (Å²) in [6, 6.07) is 6.05. The zero-order valence-corrected chi connectivity index (χ0v) is 17.5. The van der Waals surface area contributed by atoms with Gasteiger partial charge in [0.2, 0.25) is 5.91 Å². The van der Waals surface area contributed by atoms with Gasteiger partial charge in [-0.15, -0.1) is 0 Å². The number of nitro groups is 1. The molecule has 0 aromatic heterocycles. The predicted molar refractivity (Wildman–Crippen MR) is 113 cm³/mol. The van der Waals surface area contributed by atoms with Crippen LogP contribution in [0.2, 0.25) is 0 Å². The molecule has 0 spiro atoms. The number of hydrogen-bond acceptors (Lipinski definition) is 5. The van der Waals surface area contributed by atoms with E-state index in [1.165, 1.54) is 25.7 Å². The number of hydrogen-bond donors (Lipinski definition) is 1. The van der Waals surface area contributed by atoms with Gasteiger partial charge in [-0.3, -0.25) is 19.8 Å². The van der Waals surface area contributed by atoms with Crippen LogP contribution in [0.3, 0.4) is 0 Å². The Morgan fingerprint density at radius 3 is 2.76 bits per heavy atom. The van der Waals surface area contributed by atoms with E-state index in [2.05, 4.69) is 22.0 Å². The molecule has 0 unspecified atom stereocenters. The van der Waals surface area contributed by atoms with E-state index in [1.807, 2.05) is 13.0 Å². The van der Waals surface area contributed by atoms with Crippen molar-refractivity contribution in [2.24, 2.45) is 5.92 Å². The highest BCUT2D eigenvalue weighted by atomic mass is 16.6. The highest BCUT2D eigenvalue weighted by molar-refractivity contribution is 5.82. The standard InChI is InChI=1S/C22H32N4O3/c1-3-15(2)23-22(27)19-13-16-12-18(26(28)29)8-9-20(16)25-11-10-24(14-21(19)25)17-6-4-5-7-17/h8-9,12,15,17,19,21H,3-7,10-11,13-14H2,1-2H3,(H,23,27)/t15-,19+,21-/m0/s1. The van der Waals surface area contributed by atoms with E-state index in [-0.39, 0.29) is 34.5 Å². The van der Waals surface area contributed by atoms with Gasteiger partial charge in [0.15, 0.2) is 0 Å². The Hall–Kier alpha value is -2.15. The van der Waals surface area contributed by atoms with Crippen molar-refractivity contribution >= 4 is 17.3 Å². The second-order valence-corrected chi connectivity index (χ2v) is 8.89. The van der Waals surface area contributed by atoms with E-state index in [9.17, 15) is 14.9 Å². The number of amides is 1. The normalized spacial score (nSPS) is 25.9. The summed E-state index contributed by atoms with van der Waals surface area (Å²) >= 11 is 0. The molecule has 29 heavy (non-hydrogen) atoms. The third-order valence-electron chi connectivity index (χ3n) is 7.12. The van der Waals surface area contributed by atoms with Gasteiger partial charge in [0.25, 0.3) is 5.69 Å². The summed E-state index contributed by atoms with van der Waals surface area (Å²) in [5.74, 6) is -0.0949. The van der Waals surface area contributed by atoms with Crippen molar-refractivity contribution in [3.05, 3.63) is 33.9 Å². The fourth-order valence-corrected chi connectivity index (χ4v) is 5.30. The van der Waals surface area contributed by atoms with Crippen LogP contribution in [0.15, 0.2) is 18.2 Å². The topological polar surface area (TPSA) is 78.7 Å². The first-order chi connectivity index (χ1) is 14.0. The third-order valence-corrected chi connectivity index (χ3v) is 7.12. The van der Waals surface area contributed by atoms with Crippen LogP contribution in [0, 0.1) is 16.0 Å². The Kier molecular flexibility index (Phi) is 5.76. The van der Waals surface area contributed by atoms with E-state index < -0.39 is 0 Å². The number of nitro benzene ring substituents is 1. The molecule has 1 aliphatic carbocycles. The lowest BCUT2D eigenvalue weighted by Gasteiger charge is -2.50. The highest BCUT2D eigenvalue weighted by Crippen LogP contribution is 2.39. The Morgan fingerprint density at radius 1 is 1.31 bits per heavy atom. The number of anilines is 1. The molecule has 3 atom stereocenters. The third kappa shape index (κ3) is 3.97. The monoisotopic (exact) mass is 400 g/mol. The molecule has 1 amide bonds. The first-order valence-corrected chi connectivity index (χ1v) is 11.1. The second kappa shape index (κ2) is 8.30. The maximum Gasteiger partial charge on any atom is 0.269 e. The van der Waals surface area contributed by atoms with Crippen molar-refractivity contribution in [3.8, 4) is 0 Å². The average Bonchev–Trinajstić information content (AvgIpc) is 3.27. The summed E-state index contributed by atoms with van der Waals surface area (Å²) in [4.78, 5) is 29.0. The number of fused-ring (bicyclic) bond motifs is 3. The number of carbonyl (C=O) groups is 1. The first-order valence-electron chi connectivity index (χ1n) is 11.1. The molecule has 2 aliphatic heterocycles. The minimum Gasteiger partial charge on any atom is -0.365 e. The molecule has 158 valence electrons. The molecule has 1 saturated carbocycles. The molecule has 3 aliphatic rings. The summed E-state index contributed by atoms with van der Waals surface area (Å²) in [7, 11) is 0. The Morgan fingerprint density at radius 2 is 2.07 bits per heavy atom. The van der Waals surface area contributed by atoms with Gasteiger partial charge in [0.05, 0.1) is 16.9 Å². The molecule has 0 bridgehead atoms. The van der Waals surface area contributed by atoms with Crippen LogP contribution in [0.1, 0.15) is 51.5 Å². The molecule has 1 aromatic rings. The number of piperazine rings is 1. The predicted octanol–water partition coefficient (Wildman–Crippen LogP) is 3.12. The molecule has 0 radical (unpaired) electrons. The van der Waals surface area contributed by atoms with Crippen molar-refractivity contribution < 1.29 is 9.72 Å². The maximum absolute atomic E-state index is 13.2. The number of nitrogens with zero attached hydrogens (tertiary/aromatic N) is 3. The fraction of sp³-hybridized carbons (Fsp3) is 0.682. The van der Waals surface area contributed by atoms with Crippen LogP contribution in [-0.2, 0) is 11.2 Å². The zero-order chi connectivity index (χ0) is 20.5. The summed E-state index contributed by atoms with van der Waals surface area (Å²) < 4.78 is 0. The molecule has 1 N–H and O–H groups in total. The number of non-ortho nitro benzene ring substituents is 1. The quantitative estimate of drug-likeness (QED) is 0.607. The molecule has 1 aromatic carbocycles. The summed E-state index contributed by atoms with van der Waals surface area (Å²) in [5, 5.41) is 14.4. The fourth-order valence-electron chi connectivity index (χ4n) is 5.30. The molecule has 2 fully saturated rings. The highest BCUT2D eigenvalue weighted by Gasteiger charge is 2.43. The van der Waals surface area contributed by atoms with Crippen LogP contribution in [0.4, 0.5) is 11.4 Å². The van der Waals surface area contributed by atoms with Crippen LogP contribution >= 0.6 is 0 Å². The van der Waals surface area contributed by atoms with Crippen molar-refractivity contribution in [2.45, 2.75) is 70.5 Å². The van der Waals surface area contributed by atoms with E-state index in [1.54, 1.807) is 12.1 Å². The molecule has 4 rings (SSSR count). The van der Waals surface area contributed by atoms with Crippen LogP contribution in [0.25, 0.3) is 0 Å². The van der Waals surface area contributed by atoms with E-state index >= 15 is 0 Å². The van der Waals surface area contributed by atoms with Gasteiger partial charge in [-0.25, -0.2) is 0 Å². The van der Waals surface area contributed by atoms with Crippen LogP contribution < -0.4 is 10.2 Å². The van der Waals surface area contributed by atoms with Gasteiger partial charge >= 0.3 is 0 Å². The van der Waals surface area contributed by atoms with Crippen molar-refractivity contribution in [1.29, 1.82) is 0 Å².